The van der Waals surface area contributed by atoms with Gasteiger partial charge in [-0.3, -0.25) is 4.79 Å². The summed E-state index contributed by atoms with van der Waals surface area (Å²) in [4.78, 5) is 11.6. The predicted octanol–water partition coefficient (Wildman–Crippen LogP) is 2.90. The number of benzene rings is 1. The number of carbonyl (C=O) groups excluding carboxylic acids is 1. The van der Waals surface area contributed by atoms with Crippen LogP contribution in [0.5, 0.6) is 0 Å². The molecule has 1 saturated carbocycles. The van der Waals surface area contributed by atoms with E-state index in [4.69, 9.17) is 4.42 Å². The number of hydrogen-bond donors (Lipinski definition) is 2. The van der Waals surface area contributed by atoms with Crippen molar-refractivity contribution in [3.8, 4) is 11.3 Å². The van der Waals surface area contributed by atoms with Crippen LogP contribution in [0.25, 0.3) is 11.3 Å². The van der Waals surface area contributed by atoms with E-state index in [1.807, 2.05) is 36.4 Å². The fourth-order valence-corrected chi connectivity index (χ4v) is 2.30. The van der Waals surface area contributed by atoms with Crippen molar-refractivity contribution in [2.24, 2.45) is 5.92 Å². The molecule has 4 nitrogen and oxygen atoms in total. The van der Waals surface area contributed by atoms with Crippen LogP contribution in [0.15, 0.2) is 47.1 Å². The Balaban J connectivity index is 1.54. The molecule has 3 rings (SSSR count). The number of nitrogens with one attached hydrogen (secondary N) is 1. The number of amides is 1. The molecular weight excluding hydrogens is 266 g/mol. The maximum atomic E-state index is 11.6. The Morgan fingerprint density at radius 1 is 1.29 bits per heavy atom. The van der Waals surface area contributed by atoms with Crippen LogP contribution >= 0.6 is 0 Å². The van der Waals surface area contributed by atoms with Crippen molar-refractivity contribution < 1.29 is 14.3 Å². The minimum Gasteiger partial charge on any atom is -0.464 e. The Labute approximate surface area is 123 Å². The molecule has 0 bridgehead atoms. The van der Waals surface area contributed by atoms with Crippen molar-refractivity contribution in [3.05, 3.63) is 48.2 Å². The van der Waals surface area contributed by atoms with Crippen LogP contribution in [0.3, 0.4) is 0 Å². The Bertz CT molecular complexity index is 585. The lowest BCUT2D eigenvalue weighted by atomic mass is 10.1. The highest BCUT2D eigenvalue weighted by molar-refractivity contribution is 5.76. The molecule has 4 heteroatoms. The van der Waals surface area contributed by atoms with Crippen LogP contribution in [0, 0.1) is 5.92 Å². The quantitative estimate of drug-likeness (QED) is 0.858. The minimum atomic E-state index is -0.682. The summed E-state index contributed by atoms with van der Waals surface area (Å²) in [6.07, 6.45) is 3.85. The summed E-state index contributed by atoms with van der Waals surface area (Å²) < 4.78 is 5.32. The van der Waals surface area contributed by atoms with E-state index in [-0.39, 0.29) is 12.5 Å². The summed E-state index contributed by atoms with van der Waals surface area (Å²) in [7, 11) is 0. The van der Waals surface area contributed by atoms with Crippen molar-refractivity contribution in [3.63, 3.8) is 0 Å². The van der Waals surface area contributed by atoms with Crippen LogP contribution in [0.4, 0.5) is 0 Å². The van der Waals surface area contributed by atoms with E-state index in [1.54, 1.807) is 6.26 Å². The molecule has 1 fully saturated rings. The maximum Gasteiger partial charge on any atom is 0.220 e. The lowest BCUT2D eigenvalue weighted by molar-refractivity contribution is -0.121. The highest BCUT2D eigenvalue weighted by Crippen LogP contribution is 2.32. The summed E-state index contributed by atoms with van der Waals surface area (Å²) in [5, 5.41) is 12.9. The molecule has 1 unspecified atom stereocenters. The summed E-state index contributed by atoms with van der Waals surface area (Å²) in [5.41, 5.74) is 1.76. The first-order valence-electron chi connectivity index (χ1n) is 7.31. The molecule has 0 spiro atoms. The number of furan rings is 1. The SMILES string of the molecule is O=C(CC1CC1)NCC(O)c1ccc(-c2ccco2)cc1. The zero-order valence-electron chi connectivity index (χ0n) is 11.8. The zero-order chi connectivity index (χ0) is 14.7. The lowest BCUT2D eigenvalue weighted by Gasteiger charge is -2.12. The average Bonchev–Trinajstić information content (AvgIpc) is 3.15. The first-order valence-corrected chi connectivity index (χ1v) is 7.31. The van der Waals surface area contributed by atoms with E-state index in [1.165, 1.54) is 0 Å². The summed E-state index contributed by atoms with van der Waals surface area (Å²) in [6.45, 7) is 0.256. The zero-order valence-corrected chi connectivity index (χ0v) is 11.8. The minimum absolute atomic E-state index is 0.0313. The number of hydrogen-bond acceptors (Lipinski definition) is 3. The predicted molar refractivity (Wildman–Crippen MR) is 79.5 cm³/mol. The second-order valence-electron chi connectivity index (χ2n) is 5.57. The molecule has 0 saturated heterocycles. The van der Waals surface area contributed by atoms with Crippen LogP contribution in [-0.2, 0) is 4.79 Å². The van der Waals surface area contributed by atoms with Gasteiger partial charge in [-0.1, -0.05) is 24.3 Å². The number of aliphatic hydroxyl groups is 1. The van der Waals surface area contributed by atoms with E-state index >= 15 is 0 Å². The molecule has 2 N–H and O–H groups in total. The lowest BCUT2D eigenvalue weighted by Crippen LogP contribution is -2.28. The van der Waals surface area contributed by atoms with Crippen LogP contribution in [0.1, 0.15) is 30.9 Å². The molecule has 0 aliphatic heterocycles. The van der Waals surface area contributed by atoms with E-state index in [9.17, 15) is 9.90 Å². The monoisotopic (exact) mass is 285 g/mol. The third-order valence-electron chi connectivity index (χ3n) is 3.76. The van der Waals surface area contributed by atoms with Gasteiger partial charge in [0.15, 0.2) is 0 Å². The number of carbonyl (C=O) groups is 1. The van der Waals surface area contributed by atoms with Gasteiger partial charge in [-0.05, 0) is 36.5 Å². The molecule has 1 aliphatic carbocycles. The fraction of sp³-hybridized carbons (Fsp3) is 0.353. The van der Waals surface area contributed by atoms with Gasteiger partial charge in [0, 0.05) is 18.5 Å². The van der Waals surface area contributed by atoms with Crippen molar-refractivity contribution in [1.82, 2.24) is 5.32 Å². The molecule has 2 aromatic rings. The molecule has 110 valence electrons. The van der Waals surface area contributed by atoms with Gasteiger partial charge in [-0.2, -0.15) is 0 Å². The summed E-state index contributed by atoms with van der Waals surface area (Å²) in [6, 6.07) is 11.3. The van der Waals surface area contributed by atoms with Gasteiger partial charge in [0.2, 0.25) is 5.91 Å². The highest BCUT2D eigenvalue weighted by atomic mass is 16.3. The maximum absolute atomic E-state index is 11.6. The number of aliphatic hydroxyl groups excluding tert-OH is 1. The van der Waals surface area contributed by atoms with Crippen molar-refractivity contribution in [2.45, 2.75) is 25.4 Å². The van der Waals surface area contributed by atoms with Crippen LogP contribution in [-0.4, -0.2) is 17.6 Å². The molecule has 1 aromatic carbocycles. The average molecular weight is 285 g/mol. The third-order valence-corrected chi connectivity index (χ3v) is 3.76. The van der Waals surface area contributed by atoms with E-state index in [0.29, 0.717) is 12.3 Å². The highest BCUT2D eigenvalue weighted by Gasteiger charge is 2.24. The van der Waals surface area contributed by atoms with Crippen LogP contribution < -0.4 is 5.32 Å². The van der Waals surface area contributed by atoms with Gasteiger partial charge < -0.3 is 14.8 Å². The molecule has 0 radical (unpaired) electrons. The molecule has 1 aromatic heterocycles. The molecular formula is C17H19NO3. The van der Waals surface area contributed by atoms with Crippen molar-refractivity contribution in [1.29, 1.82) is 0 Å². The van der Waals surface area contributed by atoms with Gasteiger partial charge in [0.1, 0.15) is 5.76 Å². The molecule has 21 heavy (non-hydrogen) atoms. The molecule has 1 heterocycles. The van der Waals surface area contributed by atoms with Crippen molar-refractivity contribution in [2.75, 3.05) is 6.54 Å². The Kier molecular flexibility index (Phi) is 4.06. The van der Waals surface area contributed by atoms with Gasteiger partial charge in [-0.25, -0.2) is 0 Å². The second-order valence-corrected chi connectivity index (χ2v) is 5.57. The van der Waals surface area contributed by atoms with Crippen molar-refractivity contribution >= 4 is 5.91 Å². The third kappa shape index (κ3) is 3.73. The van der Waals surface area contributed by atoms with E-state index < -0.39 is 6.10 Å². The standard InChI is InChI=1S/C17H19NO3/c19-15(11-18-17(20)10-12-3-4-12)13-5-7-14(8-6-13)16-2-1-9-21-16/h1-2,5-9,12,15,19H,3-4,10-11H2,(H,18,20). The Morgan fingerprint density at radius 2 is 2.05 bits per heavy atom. The summed E-state index contributed by atoms with van der Waals surface area (Å²) >= 11 is 0. The Hall–Kier alpha value is -2.07. The molecule has 1 aliphatic rings. The van der Waals surface area contributed by atoms with Gasteiger partial charge in [-0.15, -0.1) is 0 Å². The van der Waals surface area contributed by atoms with Gasteiger partial charge in [0.25, 0.3) is 0 Å². The van der Waals surface area contributed by atoms with E-state index in [0.717, 1.165) is 29.7 Å². The van der Waals surface area contributed by atoms with Crippen LogP contribution in [0.2, 0.25) is 0 Å². The Morgan fingerprint density at radius 3 is 2.67 bits per heavy atom. The molecule has 1 atom stereocenters. The van der Waals surface area contributed by atoms with E-state index in [2.05, 4.69) is 5.32 Å². The largest absolute Gasteiger partial charge is 0.464 e. The summed E-state index contributed by atoms with van der Waals surface area (Å²) in [5.74, 6) is 1.40. The first kappa shape index (κ1) is 13.9. The topological polar surface area (TPSA) is 62.5 Å². The number of rotatable bonds is 6. The fourth-order valence-electron chi connectivity index (χ4n) is 2.30. The van der Waals surface area contributed by atoms with Gasteiger partial charge >= 0.3 is 0 Å². The first-order chi connectivity index (χ1) is 10.2. The van der Waals surface area contributed by atoms with Gasteiger partial charge in [0.05, 0.1) is 12.4 Å². The second kappa shape index (κ2) is 6.14. The molecule has 1 amide bonds. The smallest absolute Gasteiger partial charge is 0.220 e. The normalized spacial score (nSPS) is 15.7.